The van der Waals surface area contributed by atoms with E-state index in [0.717, 1.165) is 44.1 Å². The van der Waals surface area contributed by atoms with Gasteiger partial charge in [0.05, 0.1) is 12.3 Å². The van der Waals surface area contributed by atoms with Crippen molar-refractivity contribution in [3.63, 3.8) is 0 Å². The zero-order chi connectivity index (χ0) is 17.8. The van der Waals surface area contributed by atoms with Crippen molar-refractivity contribution in [3.05, 3.63) is 53.6 Å². The molecule has 3 heterocycles. The van der Waals surface area contributed by atoms with Gasteiger partial charge in [0.25, 0.3) is 0 Å². The minimum absolute atomic E-state index is 0.350. The summed E-state index contributed by atoms with van der Waals surface area (Å²) < 4.78 is 10.7. The molecule has 136 valence electrons. The first kappa shape index (κ1) is 17.0. The van der Waals surface area contributed by atoms with Crippen LogP contribution in [-0.4, -0.2) is 41.8 Å². The molecular formula is C20H24N4O2. The highest BCUT2D eigenvalue weighted by Crippen LogP contribution is 2.25. The van der Waals surface area contributed by atoms with E-state index in [-0.39, 0.29) is 0 Å². The number of hydrogen-bond donors (Lipinski definition) is 2. The van der Waals surface area contributed by atoms with Crippen molar-refractivity contribution in [2.24, 2.45) is 0 Å². The number of anilines is 1. The van der Waals surface area contributed by atoms with Crippen molar-refractivity contribution in [1.29, 1.82) is 0 Å². The maximum absolute atomic E-state index is 5.51. The number of methoxy groups -OCH3 is 1. The van der Waals surface area contributed by atoms with Gasteiger partial charge in [0.15, 0.2) is 5.82 Å². The van der Waals surface area contributed by atoms with Crippen molar-refractivity contribution in [2.75, 3.05) is 32.2 Å². The van der Waals surface area contributed by atoms with Gasteiger partial charge in [0.1, 0.15) is 12.4 Å². The summed E-state index contributed by atoms with van der Waals surface area (Å²) in [5, 5.41) is 4.73. The summed E-state index contributed by atoms with van der Waals surface area (Å²) in [6.45, 7) is 2.76. The first-order chi connectivity index (χ1) is 12.8. The molecule has 1 atom stereocenters. The number of fused-ring (bicyclic) bond motifs is 1. The number of aromatic amines is 1. The largest absolute Gasteiger partial charge is 0.381 e. The molecule has 0 unspecified atom stereocenters. The third-order valence-corrected chi connectivity index (χ3v) is 4.79. The van der Waals surface area contributed by atoms with Crippen LogP contribution in [0.5, 0.6) is 0 Å². The van der Waals surface area contributed by atoms with Gasteiger partial charge in [-0.05, 0) is 24.5 Å². The maximum Gasteiger partial charge on any atom is 0.156 e. The molecule has 0 spiro atoms. The van der Waals surface area contributed by atoms with Crippen LogP contribution < -0.4 is 5.32 Å². The van der Waals surface area contributed by atoms with E-state index in [1.807, 2.05) is 12.1 Å². The second-order valence-corrected chi connectivity index (χ2v) is 6.62. The van der Waals surface area contributed by atoms with Crippen LogP contribution in [0.3, 0.4) is 0 Å². The fourth-order valence-electron chi connectivity index (χ4n) is 3.44. The average molecular weight is 352 g/mol. The number of nitrogens with zero attached hydrogens (tertiary/aromatic N) is 2. The Morgan fingerprint density at radius 3 is 3.08 bits per heavy atom. The smallest absolute Gasteiger partial charge is 0.156 e. The van der Waals surface area contributed by atoms with E-state index in [1.165, 1.54) is 16.5 Å². The standard InChI is InChI=1S/C20H24N4O2/c1-25-13-20-23-18(15-7-9-26-12-15)10-19(24-20)21-8-6-14-11-22-17-5-3-2-4-16(14)17/h2-5,10-11,15,22H,6-9,12-13H2,1H3,(H,21,23,24)/t15-/m0/s1. The Morgan fingerprint density at radius 1 is 1.31 bits per heavy atom. The van der Waals surface area contributed by atoms with Crippen LogP contribution in [0.4, 0.5) is 5.82 Å². The van der Waals surface area contributed by atoms with Gasteiger partial charge in [0, 0.05) is 49.3 Å². The summed E-state index contributed by atoms with van der Waals surface area (Å²) in [5.74, 6) is 1.92. The van der Waals surface area contributed by atoms with E-state index >= 15 is 0 Å². The van der Waals surface area contributed by atoms with Crippen LogP contribution >= 0.6 is 0 Å². The highest BCUT2D eigenvalue weighted by Gasteiger charge is 2.20. The molecule has 2 aromatic heterocycles. The van der Waals surface area contributed by atoms with Crippen molar-refractivity contribution >= 4 is 16.7 Å². The predicted octanol–water partition coefficient (Wildman–Crippen LogP) is 3.26. The fraction of sp³-hybridized carbons (Fsp3) is 0.400. The van der Waals surface area contributed by atoms with Gasteiger partial charge >= 0.3 is 0 Å². The molecule has 1 aliphatic heterocycles. The summed E-state index contributed by atoms with van der Waals surface area (Å²) in [4.78, 5) is 12.5. The van der Waals surface area contributed by atoms with Crippen LogP contribution in [0.2, 0.25) is 0 Å². The monoisotopic (exact) mass is 352 g/mol. The van der Waals surface area contributed by atoms with E-state index in [1.54, 1.807) is 7.11 Å². The molecule has 1 saturated heterocycles. The van der Waals surface area contributed by atoms with Gasteiger partial charge in [-0.1, -0.05) is 18.2 Å². The van der Waals surface area contributed by atoms with Crippen LogP contribution in [0.1, 0.15) is 29.4 Å². The summed E-state index contributed by atoms with van der Waals surface area (Å²) in [5.41, 5.74) is 3.53. The number of rotatable bonds is 7. The number of para-hydroxylation sites is 1. The molecule has 0 radical (unpaired) electrons. The molecule has 26 heavy (non-hydrogen) atoms. The first-order valence-electron chi connectivity index (χ1n) is 9.07. The van der Waals surface area contributed by atoms with Gasteiger partial charge in [-0.15, -0.1) is 0 Å². The highest BCUT2D eigenvalue weighted by atomic mass is 16.5. The summed E-state index contributed by atoms with van der Waals surface area (Å²) in [6, 6.07) is 10.4. The lowest BCUT2D eigenvalue weighted by Gasteiger charge is -2.12. The number of hydrogen-bond acceptors (Lipinski definition) is 5. The number of nitrogens with one attached hydrogen (secondary N) is 2. The Kier molecular flexibility index (Phi) is 5.13. The molecule has 2 N–H and O–H groups in total. The number of aromatic nitrogens is 3. The molecule has 0 amide bonds. The summed E-state index contributed by atoms with van der Waals surface area (Å²) >= 11 is 0. The van der Waals surface area contributed by atoms with Gasteiger partial charge < -0.3 is 19.8 Å². The topological polar surface area (TPSA) is 72.1 Å². The van der Waals surface area contributed by atoms with Gasteiger partial charge in [0.2, 0.25) is 0 Å². The Balaban J connectivity index is 1.46. The van der Waals surface area contributed by atoms with E-state index in [0.29, 0.717) is 18.3 Å². The molecule has 0 saturated carbocycles. The summed E-state index contributed by atoms with van der Waals surface area (Å²) in [6.07, 6.45) is 4.03. The van der Waals surface area contributed by atoms with E-state index in [9.17, 15) is 0 Å². The van der Waals surface area contributed by atoms with E-state index < -0.39 is 0 Å². The third kappa shape index (κ3) is 3.71. The van der Waals surface area contributed by atoms with Crippen LogP contribution in [0.25, 0.3) is 10.9 Å². The lowest BCUT2D eigenvalue weighted by molar-refractivity contribution is 0.177. The van der Waals surface area contributed by atoms with Crippen molar-refractivity contribution < 1.29 is 9.47 Å². The highest BCUT2D eigenvalue weighted by molar-refractivity contribution is 5.83. The van der Waals surface area contributed by atoms with Crippen molar-refractivity contribution in [2.45, 2.75) is 25.4 Å². The normalized spacial score (nSPS) is 17.0. The van der Waals surface area contributed by atoms with Gasteiger partial charge in [-0.3, -0.25) is 0 Å². The second-order valence-electron chi connectivity index (χ2n) is 6.62. The van der Waals surface area contributed by atoms with Crippen LogP contribution in [-0.2, 0) is 22.5 Å². The predicted molar refractivity (Wildman–Crippen MR) is 101 cm³/mol. The van der Waals surface area contributed by atoms with Crippen molar-refractivity contribution in [1.82, 2.24) is 15.0 Å². The Bertz CT molecular complexity index is 871. The number of benzene rings is 1. The minimum atomic E-state index is 0.350. The SMILES string of the molecule is COCc1nc(NCCc2c[nH]c3ccccc23)cc([C@H]2CCOC2)n1. The number of H-pyrrole nitrogens is 1. The molecule has 3 aromatic rings. The van der Waals surface area contributed by atoms with Crippen LogP contribution in [0.15, 0.2) is 36.5 Å². The molecular weight excluding hydrogens is 328 g/mol. The van der Waals surface area contributed by atoms with Gasteiger partial charge in [-0.25, -0.2) is 9.97 Å². The van der Waals surface area contributed by atoms with E-state index in [2.05, 4.69) is 44.7 Å². The zero-order valence-corrected chi connectivity index (χ0v) is 15.0. The molecule has 4 rings (SSSR count). The minimum Gasteiger partial charge on any atom is -0.381 e. The van der Waals surface area contributed by atoms with Crippen LogP contribution in [0, 0.1) is 0 Å². The van der Waals surface area contributed by atoms with Crippen molar-refractivity contribution in [3.8, 4) is 0 Å². The maximum atomic E-state index is 5.51. The Morgan fingerprint density at radius 2 is 2.23 bits per heavy atom. The Hall–Kier alpha value is -2.44. The molecule has 1 aromatic carbocycles. The molecule has 1 fully saturated rings. The molecule has 6 nitrogen and oxygen atoms in total. The van der Waals surface area contributed by atoms with Gasteiger partial charge in [-0.2, -0.15) is 0 Å². The molecule has 1 aliphatic rings. The third-order valence-electron chi connectivity index (χ3n) is 4.79. The lowest BCUT2D eigenvalue weighted by atomic mass is 10.0. The molecule has 0 aliphatic carbocycles. The molecule has 6 heteroatoms. The quantitative estimate of drug-likeness (QED) is 0.683. The second kappa shape index (κ2) is 7.85. The number of ether oxygens (including phenoxy) is 2. The molecule has 0 bridgehead atoms. The summed E-state index contributed by atoms with van der Waals surface area (Å²) in [7, 11) is 1.67. The fourth-order valence-corrected chi connectivity index (χ4v) is 3.44. The average Bonchev–Trinajstić information content (AvgIpc) is 3.32. The van der Waals surface area contributed by atoms with E-state index in [4.69, 9.17) is 9.47 Å². The zero-order valence-electron chi connectivity index (χ0n) is 15.0. The lowest BCUT2D eigenvalue weighted by Crippen LogP contribution is -2.12. The Labute approximate surface area is 153 Å². The first-order valence-corrected chi connectivity index (χ1v) is 9.07.